The van der Waals surface area contributed by atoms with E-state index in [-0.39, 0.29) is 47.1 Å². The van der Waals surface area contributed by atoms with Gasteiger partial charge in [-0.1, -0.05) is 13.8 Å². The molecule has 8 aliphatic rings. The van der Waals surface area contributed by atoms with Crippen molar-refractivity contribution < 1.29 is 68.3 Å². The zero-order valence-electron chi connectivity index (χ0n) is 31.7. The summed E-state index contributed by atoms with van der Waals surface area (Å²) in [5.41, 5.74) is -0.0268. The quantitative estimate of drug-likeness (QED) is 0.186. The molecule has 0 amide bonds. The average molecular weight is 763 g/mol. The van der Waals surface area contributed by atoms with Crippen molar-refractivity contribution in [2.45, 2.75) is 165 Å². The third kappa shape index (κ3) is 6.45. The van der Waals surface area contributed by atoms with Gasteiger partial charge in [0.05, 0.1) is 24.4 Å². The second kappa shape index (κ2) is 14.5. The summed E-state index contributed by atoms with van der Waals surface area (Å²) >= 11 is 0. The Morgan fingerprint density at radius 1 is 0.815 bits per heavy atom. The predicted octanol–water partition coefficient (Wildman–Crippen LogP) is 1.81. The van der Waals surface area contributed by atoms with Crippen molar-refractivity contribution >= 4 is 11.8 Å². The first-order valence-electron chi connectivity index (χ1n) is 20.1. The van der Waals surface area contributed by atoms with E-state index in [0.717, 1.165) is 63.4 Å². The van der Waals surface area contributed by atoms with Crippen molar-refractivity contribution in [1.82, 2.24) is 0 Å². The minimum atomic E-state index is -1.52. The van der Waals surface area contributed by atoms with Gasteiger partial charge in [-0.25, -0.2) is 4.79 Å². The van der Waals surface area contributed by atoms with E-state index in [9.17, 15) is 35.1 Å². The lowest BCUT2D eigenvalue weighted by Crippen LogP contribution is -2.63. The SMILES string of the molecule is CC1O[C@@H](O[C@@H]2[C@H](O)C(O[C@@H]3[C@H](O)C(O[C@H]4CCC5(C)C6CCC7(C)[C@@H](C8=CC(=O)OC8)CC[C@]7(O)C6CC[C@@H]5C4)OC(C)[C@@H]3O)OC[C@@H]2O)C=CC1=O. The summed E-state index contributed by atoms with van der Waals surface area (Å²) in [5.74, 6) is 0.565. The zero-order valence-corrected chi connectivity index (χ0v) is 31.7. The number of cyclic esters (lactones) is 1. The van der Waals surface area contributed by atoms with Crippen molar-refractivity contribution in [1.29, 1.82) is 0 Å². The molecule has 19 atom stereocenters. The van der Waals surface area contributed by atoms with Crippen LogP contribution in [0.4, 0.5) is 0 Å². The number of aliphatic hydroxyl groups is 5. The zero-order chi connectivity index (χ0) is 38.3. The Bertz CT molecular complexity index is 1500. The third-order valence-corrected chi connectivity index (χ3v) is 15.2. The van der Waals surface area contributed by atoms with Crippen LogP contribution >= 0.6 is 0 Å². The van der Waals surface area contributed by atoms with E-state index in [0.29, 0.717) is 18.4 Å². The van der Waals surface area contributed by atoms with E-state index in [1.165, 1.54) is 12.2 Å². The number of aliphatic hydroxyl groups excluding tert-OH is 4. The standard InChI is InChI=1S/C40H58O14/c1-19-27(41)7-8-30(50-19)53-34-28(42)18-49-36(32(34)45)54-35-31(44)20(2)51-37(33(35)46)52-23-9-12-38(3)22(16-23)5-6-26-25(38)10-13-39(4)24(11-14-40(26,39)47)21-15-29(43)48-17-21/h7-8,15,19-20,22-26,28,30-37,42,44-47H,5-6,9-14,16-18H2,1-4H3/t19?,20?,22-,23+,24-,25?,26?,28+,30+,31+,32+,33+,34+,35+,36?,37?,38?,39?,40+/m1/s1. The largest absolute Gasteiger partial charge is 0.458 e. The molecule has 6 fully saturated rings. The van der Waals surface area contributed by atoms with Crippen LogP contribution in [-0.2, 0) is 42.7 Å². The summed E-state index contributed by atoms with van der Waals surface area (Å²) in [6.45, 7) is 7.95. The molecule has 0 aromatic carbocycles. The highest BCUT2D eigenvalue weighted by molar-refractivity contribution is 5.93. The van der Waals surface area contributed by atoms with Gasteiger partial charge in [0.2, 0.25) is 0 Å². The van der Waals surface area contributed by atoms with E-state index >= 15 is 0 Å². The molecule has 0 bridgehead atoms. The van der Waals surface area contributed by atoms with Crippen molar-refractivity contribution in [2.24, 2.45) is 34.5 Å². The van der Waals surface area contributed by atoms with Crippen LogP contribution in [0.2, 0.25) is 0 Å². The van der Waals surface area contributed by atoms with Gasteiger partial charge in [0, 0.05) is 11.5 Å². The predicted molar refractivity (Wildman–Crippen MR) is 187 cm³/mol. The first kappa shape index (κ1) is 39.0. The number of carbonyl (C=O) groups excluding carboxylic acids is 2. The summed E-state index contributed by atoms with van der Waals surface area (Å²) in [6.07, 6.45) is -0.859. The molecule has 2 saturated heterocycles. The number of hydrogen-bond donors (Lipinski definition) is 5. The van der Waals surface area contributed by atoms with Crippen LogP contribution in [0, 0.1) is 34.5 Å². The normalized spacial score (nSPS) is 53.3. The topological polar surface area (TPSA) is 200 Å². The second-order valence-electron chi connectivity index (χ2n) is 17.9. The van der Waals surface area contributed by atoms with Gasteiger partial charge in [-0.05, 0) is 118 Å². The van der Waals surface area contributed by atoms with E-state index in [2.05, 4.69) is 13.8 Å². The molecule has 4 saturated carbocycles. The van der Waals surface area contributed by atoms with Gasteiger partial charge < -0.3 is 58.7 Å². The fourth-order valence-corrected chi connectivity index (χ4v) is 12.0. The van der Waals surface area contributed by atoms with Gasteiger partial charge in [-0.2, -0.15) is 0 Å². The lowest BCUT2D eigenvalue weighted by Gasteiger charge is -2.64. The molecule has 8 unspecified atom stereocenters. The molecule has 14 nitrogen and oxygen atoms in total. The number of ether oxygens (including phenoxy) is 7. The van der Waals surface area contributed by atoms with Crippen LogP contribution in [0.1, 0.15) is 85.5 Å². The lowest BCUT2D eigenvalue weighted by molar-refractivity contribution is -0.357. The molecular weight excluding hydrogens is 704 g/mol. The van der Waals surface area contributed by atoms with Gasteiger partial charge in [-0.3, -0.25) is 4.79 Å². The molecule has 5 N–H and O–H groups in total. The molecule has 4 heterocycles. The van der Waals surface area contributed by atoms with Crippen molar-refractivity contribution in [3.8, 4) is 0 Å². The second-order valence-corrected chi connectivity index (χ2v) is 17.9. The highest BCUT2D eigenvalue weighted by Gasteiger charge is 2.68. The Kier molecular flexibility index (Phi) is 10.5. The van der Waals surface area contributed by atoms with Crippen LogP contribution in [0.25, 0.3) is 0 Å². The summed E-state index contributed by atoms with van der Waals surface area (Å²) in [6, 6.07) is 0. The lowest BCUT2D eigenvalue weighted by atomic mass is 9.43. The maximum Gasteiger partial charge on any atom is 0.331 e. The van der Waals surface area contributed by atoms with Crippen LogP contribution < -0.4 is 0 Å². The van der Waals surface area contributed by atoms with Crippen LogP contribution in [0.5, 0.6) is 0 Å². The van der Waals surface area contributed by atoms with E-state index in [1.54, 1.807) is 19.9 Å². The maximum atomic E-state index is 12.6. The van der Waals surface area contributed by atoms with Crippen molar-refractivity contribution in [3.05, 3.63) is 23.8 Å². The molecule has 14 heteroatoms. The van der Waals surface area contributed by atoms with Crippen LogP contribution in [0.15, 0.2) is 23.8 Å². The van der Waals surface area contributed by atoms with E-state index < -0.39 is 73.3 Å². The molecule has 302 valence electrons. The Morgan fingerprint density at radius 3 is 2.33 bits per heavy atom. The number of hydrogen-bond acceptors (Lipinski definition) is 14. The molecule has 4 aliphatic heterocycles. The minimum Gasteiger partial charge on any atom is -0.458 e. The Balaban J connectivity index is 0.901. The number of rotatable bonds is 7. The summed E-state index contributed by atoms with van der Waals surface area (Å²) < 4.78 is 40.8. The average Bonchev–Trinajstić information content (AvgIpc) is 3.69. The molecular formula is C40H58O14. The van der Waals surface area contributed by atoms with Crippen LogP contribution in [-0.4, -0.2) is 130 Å². The fraction of sp³-hybridized carbons (Fsp3) is 0.850. The summed E-state index contributed by atoms with van der Waals surface area (Å²) in [5, 5.41) is 56.9. The first-order chi connectivity index (χ1) is 25.6. The fourth-order valence-electron chi connectivity index (χ4n) is 12.0. The molecule has 54 heavy (non-hydrogen) atoms. The van der Waals surface area contributed by atoms with Gasteiger partial charge in [-0.15, -0.1) is 0 Å². The molecule has 0 aromatic rings. The van der Waals surface area contributed by atoms with Gasteiger partial charge in [0.1, 0.15) is 49.3 Å². The minimum absolute atomic E-state index is 0.0223. The monoisotopic (exact) mass is 762 g/mol. The van der Waals surface area contributed by atoms with Gasteiger partial charge in [0.15, 0.2) is 24.7 Å². The van der Waals surface area contributed by atoms with E-state index in [1.807, 2.05) is 0 Å². The van der Waals surface area contributed by atoms with Crippen LogP contribution in [0.3, 0.4) is 0 Å². The molecule has 0 aromatic heterocycles. The Labute approximate surface area is 316 Å². The maximum absolute atomic E-state index is 12.6. The third-order valence-electron chi connectivity index (χ3n) is 15.2. The molecule has 0 spiro atoms. The Morgan fingerprint density at radius 2 is 1.59 bits per heavy atom. The molecule has 4 aliphatic carbocycles. The first-order valence-corrected chi connectivity index (χ1v) is 20.1. The summed E-state index contributed by atoms with van der Waals surface area (Å²) in [7, 11) is 0. The number of esters is 1. The number of fused-ring (bicyclic) bond motifs is 5. The number of carbonyl (C=O) groups is 2. The highest BCUT2D eigenvalue weighted by atomic mass is 16.7. The smallest absolute Gasteiger partial charge is 0.331 e. The van der Waals surface area contributed by atoms with E-state index in [4.69, 9.17) is 33.2 Å². The molecule has 8 rings (SSSR count). The van der Waals surface area contributed by atoms with Gasteiger partial charge in [0.25, 0.3) is 0 Å². The highest BCUT2D eigenvalue weighted by Crippen LogP contribution is 2.70. The molecule has 0 radical (unpaired) electrons. The van der Waals surface area contributed by atoms with Gasteiger partial charge >= 0.3 is 5.97 Å². The van der Waals surface area contributed by atoms with Crippen molar-refractivity contribution in [3.63, 3.8) is 0 Å². The number of ketones is 1. The van der Waals surface area contributed by atoms with Crippen molar-refractivity contribution in [2.75, 3.05) is 13.2 Å². The Hall–Kier alpha value is -1.82. The summed E-state index contributed by atoms with van der Waals surface area (Å²) in [4.78, 5) is 23.7.